The molecule has 4 rings (SSSR count). The van der Waals surface area contributed by atoms with E-state index in [4.69, 9.17) is 0 Å². The van der Waals surface area contributed by atoms with E-state index in [1.54, 1.807) is 27.7 Å². The molecule has 0 aromatic heterocycles. The Morgan fingerprint density at radius 3 is 0.911 bits per heavy atom. The fraction of sp³-hybridized carbons (Fsp3) is 0.333. The predicted molar refractivity (Wildman–Crippen MR) is 133 cm³/mol. The van der Waals surface area contributed by atoms with Crippen molar-refractivity contribution in [2.45, 2.75) is 65.2 Å². The molecule has 0 N–H and O–H groups in total. The van der Waals surface area contributed by atoms with E-state index in [-0.39, 0.29) is 72.1 Å². The van der Waals surface area contributed by atoms with Crippen LogP contribution in [-0.2, 0) is 47.6 Å². The van der Waals surface area contributed by atoms with Crippen LogP contribution in [0.15, 0.2) is 65.3 Å². The largest absolute Gasteiger partial charge is 1.00 e. The second kappa shape index (κ2) is 13.3. The van der Waals surface area contributed by atoms with Gasteiger partial charge in [0.05, 0.1) is 0 Å². The van der Waals surface area contributed by atoms with Crippen LogP contribution < -0.4 is 24.8 Å². The van der Waals surface area contributed by atoms with Gasteiger partial charge >= 0.3 is 251 Å². The first-order chi connectivity index (χ1) is 19.5. The molecule has 2 aliphatic rings. The van der Waals surface area contributed by atoms with Crippen molar-refractivity contribution in [1.82, 2.24) is 0 Å². The summed E-state index contributed by atoms with van der Waals surface area (Å²) in [7, 11) is 0. The molecule has 15 heteroatoms. The van der Waals surface area contributed by atoms with E-state index < -0.39 is 69.9 Å². The van der Waals surface area contributed by atoms with Crippen LogP contribution in [-0.4, -0.2) is 0 Å². The smallest absolute Gasteiger partial charge is 1.00 e. The van der Waals surface area contributed by atoms with Crippen LogP contribution in [0.1, 0.15) is 73.9 Å². The van der Waals surface area contributed by atoms with Gasteiger partial charge < -0.3 is 24.8 Å². The van der Waals surface area contributed by atoms with Crippen molar-refractivity contribution < 1.29 is 100 Å². The summed E-state index contributed by atoms with van der Waals surface area (Å²) in [5.74, 6) is 0. The third kappa shape index (κ3) is 8.30. The van der Waals surface area contributed by atoms with Crippen molar-refractivity contribution in [1.29, 1.82) is 0 Å². The molecule has 2 aromatic rings. The van der Waals surface area contributed by atoms with Gasteiger partial charge in [0.25, 0.3) is 0 Å². The number of halogens is 14. The molecule has 244 valence electrons. The Balaban J connectivity index is 0.00000353. The summed E-state index contributed by atoms with van der Waals surface area (Å²) in [5.41, 5.74) is -3.17. The molecular weight excluding hydrogens is 838 g/mol. The summed E-state index contributed by atoms with van der Waals surface area (Å²) < 4.78 is 164. The molecule has 0 bridgehead atoms. The molecule has 2 aliphatic carbocycles. The molecule has 0 spiro atoms. The number of hydrogen-bond acceptors (Lipinski definition) is 0. The molecule has 0 fully saturated rings. The van der Waals surface area contributed by atoms with Crippen LogP contribution in [0.5, 0.6) is 0 Å². The molecule has 0 nitrogen and oxygen atoms in total. The molecule has 45 heavy (non-hydrogen) atoms. The molecule has 0 radical (unpaired) electrons. The van der Waals surface area contributed by atoms with Crippen molar-refractivity contribution >= 4 is 11.1 Å². The van der Waals surface area contributed by atoms with Crippen LogP contribution in [0.3, 0.4) is 0 Å². The third-order valence-electron chi connectivity index (χ3n) is 7.64. The van der Waals surface area contributed by atoms with E-state index >= 15 is 0 Å². The van der Waals surface area contributed by atoms with E-state index in [1.165, 1.54) is 0 Å². The summed E-state index contributed by atoms with van der Waals surface area (Å²) in [6.07, 6.45) is -20.1. The van der Waals surface area contributed by atoms with Gasteiger partial charge in [-0.15, -0.1) is 0 Å². The standard InChI is InChI=1S/2C15H11F6.2ClH.Hf/c2*1-8-3-10(4-9(8)2)11-5-12(14(16,17)18)7-13(6-11)15(19,20)21;;;/h2*5-7H,3H2,1-2H3;2*1H;/q;;;;+2/p-2. The zero-order valence-electron chi connectivity index (χ0n) is 23.7. The van der Waals surface area contributed by atoms with Crippen LogP contribution in [0.25, 0.3) is 11.1 Å². The maximum Gasteiger partial charge on any atom is -1.00 e. The zero-order valence-corrected chi connectivity index (χ0v) is 28.8. The van der Waals surface area contributed by atoms with Gasteiger partial charge in [0.2, 0.25) is 0 Å². The van der Waals surface area contributed by atoms with E-state index in [0.29, 0.717) is 53.2 Å². The van der Waals surface area contributed by atoms with Crippen LogP contribution in [0, 0.1) is 0 Å². The molecule has 0 saturated heterocycles. The fourth-order valence-electron chi connectivity index (χ4n) is 5.07. The Bertz CT molecular complexity index is 1430. The van der Waals surface area contributed by atoms with Crippen LogP contribution in [0.4, 0.5) is 52.7 Å². The molecule has 0 aliphatic heterocycles. The summed E-state index contributed by atoms with van der Waals surface area (Å²) in [6.45, 7) is 6.72. The maximum absolute atomic E-state index is 13.6. The van der Waals surface area contributed by atoms with Gasteiger partial charge in [-0.2, -0.15) is 0 Å². The Labute approximate surface area is 274 Å². The van der Waals surface area contributed by atoms with Crippen molar-refractivity contribution in [3.05, 3.63) is 98.7 Å². The van der Waals surface area contributed by atoms with Crippen molar-refractivity contribution in [3.63, 3.8) is 0 Å². The van der Waals surface area contributed by atoms with Gasteiger partial charge in [-0.05, 0) is 0 Å². The van der Waals surface area contributed by atoms with E-state index in [2.05, 4.69) is 0 Å². The van der Waals surface area contributed by atoms with E-state index in [9.17, 15) is 52.7 Å². The summed E-state index contributed by atoms with van der Waals surface area (Å²) in [6, 6.07) is 2.68. The van der Waals surface area contributed by atoms with Gasteiger partial charge in [0.1, 0.15) is 0 Å². The monoisotopic (exact) mass is 860 g/mol. The number of benzene rings is 2. The molecular formula is C30H22Cl2F12Hf. The quantitative estimate of drug-likeness (QED) is 0.284. The average molecular weight is 860 g/mol. The first-order valence-electron chi connectivity index (χ1n) is 12.6. The summed E-state index contributed by atoms with van der Waals surface area (Å²) >= 11 is -2.53. The van der Waals surface area contributed by atoms with E-state index in [1.807, 2.05) is 0 Å². The minimum atomic E-state index is -5.06. The average Bonchev–Trinajstić information content (AvgIpc) is 3.31. The molecule has 2 aromatic carbocycles. The van der Waals surface area contributed by atoms with E-state index in [0.717, 1.165) is 0 Å². The molecule has 0 heterocycles. The number of hydrogen-bond donors (Lipinski definition) is 0. The first-order valence-corrected chi connectivity index (χ1v) is 16.2. The van der Waals surface area contributed by atoms with Gasteiger partial charge in [-0.3, -0.25) is 0 Å². The summed E-state index contributed by atoms with van der Waals surface area (Å²) in [4.78, 5) is 0. The van der Waals surface area contributed by atoms with Gasteiger partial charge in [0, 0.05) is 0 Å². The Kier molecular flexibility index (Phi) is 11.5. The molecule has 0 amide bonds. The maximum atomic E-state index is 13.6. The topological polar surface area (TPSA) is 0 Å². The number of alkyl halides is 12. The minimum absolute atomic E-state index is 0. The third-order valence-corrected chi connectivity index (χ3v) is 14.3. The SMILES string of the molecule is CC1=C(C)[C]([Hf+2][C]2=C(c3cc(C(F)(F)F)cc(C(F)(F)F)c3)CC(C)=C2C)=C(c2cc(C(F)(F)F)cc(C(F)(F)F)c2)C1.[Cl-].[Cl-]. The Morgan fingerprint density at radius 1 is 0.444 bits per heavy atom. The van der Waals surface area contributed by atoms with Gasteiger partial charge in [0.15, 0.2) is 0 Å². The van der Waals surface area contributed by atoms with Crippen molar-refractivity contribution in [2.24, 2.45) is 0 Å². The van der Waals surface area contributed by atoms with Crippen molar-refractivity contribution in [2.75, 3.05) is 0 Å². The first kappa shape index (κ1) is 39.2. The van der Waals surface area contributed by atoms with Gasteiger partial charge in [-0.1, -0.05) is 0 Å². The summed E-state index contributed by atoms with van der Waals surface area (Å²) in [5, 5.41) is 0. The normalized spacial score (nSPS) is 16.4. The Morgan fingerprint density at radius 2 is 0.689 bits per heavy atom. The predicted octanol–water partition coefficient (Wildman–Crippen LogP) is 5.45. The van der Waals surface area contributed by atoms with Crippen molar-refractivity contribution in [3.8, 4) is 0 Å². The second-order valence-corrected chi connectivity index (χ2v) is 15.1. The van der Waals surface area contributed by atoms with Crippen LogP contribution in [0.2, 0.25) is 0 Å². The second-order valence-electron chi connectivity index (χ2n) is 10.6. The molecule has 0 saturated carbocycles. The molecule has 0 unspecified atom stereocenters. The molecule has 0 atom stereocenters. The number of allylic oxidation sites excluding steroid dienone is 8. The minimum Gasteiger partial charge on any atom is -1.00 e. The fourth-order valence-corrected chi connectivity index (χ4v) is 11.6. The zero-order chi connectivity index (χ0) is 32.4. The van der Waals surface area contributed by atoms with Crippen LogP contribution >= 0.6 is 0 Å². The number of rotatable bonds is 4. The Hall–Kier alpha value is -1.99. The van der Waals surface area contributed by atoms with Gasteiger partial charge in [-0.25, -0.2) is 0 Å².